The topological polar surface area (TPSA) is 54.4 Å². The summed E-state index contributed by atoms with van der Waals surface area (Å²) in [5.74, 6) is 0.429. The van der Waals surface area contributed by atoms with Gasteiger partial charge in [-0.05, 0) is 31.1 Å². The second kappa shape index (κ2) is 14.0. The molecule has 0 fully saturated rings. The van der Waals surface area contributed by atoms with Crippen molar-refractivity contribution >= 4 is 11.6 Å². The van der Waals surface area contributed by atoms with E-state index in [1.165, 1.54) is 12.8 Å². The molecule has 2 atom stereocenters. The number of unbranched alkanes of at least 4 members (excludes halogenated alkanes) is 2. The van der Waals surface area contributed by atoms with E-state index < -0.39 is 0 Å². The zero-order chi connectivity index (χ0) is 21.0. The van der Waals surface area contributed by atoms with Crippen LogP contribution < -0.4 is 0 Å². The molecule has 0 aromatic carbocycles. The Balaban J connectivity index is 0.00000153. The first-order valence-electron chi connectivity index (χ1n) is 11.2. The monoisotopic (exact) mass is 380 g/mol. The highest BCUT2D eigenvalue weighted by Crippen LogP contribution is 2.37. The summed E-state index contributed by atoms with van der Waals surface area (Å²) < 4.78 is 0. The number of ketones is 2. The zero-order valence-electron chi connectivity index (χ0n) is 18.9. The Hall–Kier alpha value is -1.12. The lowest BCUT2D eigenvalue weighted by atomic mass is 9.74. The van der Waals surface area contributed by atoms with Crippen LogP contribution >= 0.6 is 0 Å². The molecule has 0 bridgehead atoms. The minimum atomic E-state index is -0.168. The Kier molecular flexibility index (Phi) is 13.4. The minimum absolute atomic E-state index is 0.0177. The van der Waals surface area contributed by atoms with Gasteiger partial charge in [0, 0.05) is 18.3 Å². The molecule has 1 rings (SSSR count). The number of rotatable bonds is 10. The first-order valence-corrected chi connectivity index (χ1v) is 11.2. The van der Waals surface area contributed by atoms with Crippen LogP contribution in [0.5, 0.6) is 0 Å². The molecule has 3 heteroatoms. The van der Waals surface area contributed by atoms with Crippen LogP contribution in [-0.2, 0) is 9.59 Å². The van der Waals surface area contributed by atoms with Crippen LogP contribution in [0.15, 0.2) is 11.3 Å². The maximum atomic E-state index is 12.8. The van der Waals surface area contributed by atoms with Gasteiger partial charge in [-0.15, -0.1) is 0 Å². The second-order valence-electron chi connectivity index (χ2n) is 8.89. The molecule has 3 nitrogen and oxygen atoms in total. The predicted molar refractivity (Wildman–Crippen MR) is 115 cm³/mol. The van der Waals surface area contributed by atoms with Crippen LogP contribution in [-0.4, -0.2) is 16.7 Å². The summed E-state index contributed by atoms with van der Waals surface area (Å²) in [6, 6.07) is 0. The number of aliphatic hydroxyl groups is 1. The van der Waals surface area contributed by atoms with Gasteiger partial charge >= 0.3 is 0 Å². The Labute approximate surface area is 168 Å². The van der Waals surface area contributed by atoms with Crippen LogP contribution in [0.3, 0.4) is 0 Å². The normalized spacial score (nSPS) is 20.1. The number of Topliss-reactive ketones (excluding diaryl/α,β-unsaturated/α-hetero) is 2. The predicted octanol–water partition coefficient (Wildman–Crippen LogP) is 7.05. The molecule has 0 unspecified atom stereocenters. The first kappa shape index (κ1) is 25.9. The van der Waals surface area contributed by atoms with Gasteiger partial charge in [-0.3, -0.25) is 9.59 Å². The van der Waals surface area contributed by atoms with Crippen LogP contribution in [0.25, 0.3) is 0 Å². The van der Waals surface area contributed by atoms with Crippen molar-refractivity contribution in [3.8, 4) is 0 Å². The smallest absolute Gasteiger partial charge is 0.172 e. The van der Waals surface area contributed by atoms with Crippen LogP contribution in [0.2, 0.25) is 0 Å². The highest BCUT2D eigenvalue weighted by atomic mass is 16.3. The maximum Gasteiger partial charge on any atom is 0.172 e. The Morgan fingerprint density at radius 1 is 0.963 bits per heavy atom. The maximum absolute atomic E-state index is 12.8. The molecular formula is C24H44O3. The van der Waals surface area contributed by atoms with Crippen LogP contribution in [0, 0.1) is 23.7 Å². The molecule has 0 saturated heterocycles. The van der Waals surface area contributed by atoms with Crippen molar-refractivity contribution in [3.05, 3.63) is 11.3 Å². The Morgan fingerprint density at radius 2 is 1.56 bits per heavy atom. The number of allylic oxidation sites excluding steroid dienone is 2. The third-order valence-electron chi connectivity index (χ3n) is 5.20. The molecule has 1 N–H and O–H groups in total. The van der Waals surface area contributed by atoms with Crippen molar-refractivity contribution in [3.63, 3.8) is 0 Å². The van der Waals surface area contributed by atoms with E-state index in [1.807, 2.05) is 13.8 Å². The van der Waals surface area contributed by atoms with E-state index in [9.17, 15) is 14.7 Å². The zero-order valence-corrected chi connectivity index (χ0v) is 18.9. The molecule has 0 saturated carbocycles. The van der Waals surface area contributed by atoms with E-state index >= 15 is 0 Å². The summed E-state index contributed by atoms with van der Waals surface area (Å²) in [6.07, 6.45) is 8.44. The average Bonchev–Trinajstić information content (AvgIpc) is 2.59. The molecule has 1 aliphatic carbocycles. The summed E-state index contributed by atoms with van der Waals surface area (Å²) in [4.78, 5) is 25.2. The fourth-order valence-electron chi connectivity index (χ4n) is 3.34. The van der Waals surface area contributed by atoms with Gasteiger partial charge in [-0.25, -0.2) is 0 Å². The van der Waals surface area contributed by atoms with Gasteiger partial charge in [-0.1, -0.05) is 80.6 Å². The Morgan fingerprint density at radius 3 is 2.00 bits per heavy atom. The van der Waals surface area contributed by atoms with Crippen LogP contribution in [0.1, 0.15) is 106 Å². The van der Waals surface area contributed by atoms with E-state index in [2.05, 4.69) is 34.6 Å². The lowest BCUT2D eigenvalue weighted by Gasteiger charge is -2.30. The van der Waals surface area contributed by atoms with Gasteiger partial charge in [0.1, 0.15) is 5.76 Å². The van der Waals surface area contributed by atoms with E-state index in [0.717, 1.165) is 32.1 Å². The number of carbonyl (C=O) groups excluding carboxylic acids is 2. The third-order valence-corrected chi connectivity index (χ3v) is 5.20. The standard InChI is InChI=1S/C20H34O3.C4H10/c1-6-7-8-15-12-16(10-9-13(2)3)20(23)18(19(15)22)17(21)11-14(4)5;1-3-4-2/h13-16,22H,6-12H2,1-5H3;3-4H2,1-2H3/t15-,16+;/m0./s1. The minimum Gasteiger partial charge on any atom is -0.511 e. The fraction of sp³-hybridized carbons (Fsp3) is 0.833. The molecule has 0 spiro atoms. The molecule has 158 valence electrons. The third kappa shape index (κ3) is 9.58. The lowest BCUT2D eigenvalue weighted by molar-refractivity contribution is -0.126. The summed E-state index contributed by atoms with van der Waals surface area (Å²) in [5.41, 5.74) is 0.125. The van der Waals surface area contributed by atoms with Gasteiger partial charge in [0.25, 0.3) is 0 Å². The summed E-state index contributed by atoms with van der Waals surface area (Å²) in [7, 11) is 0. The molecule has 0 radical (unpaired) electrons. The molecule has 1 aliphatic rings. The van der Waals surface area contributed by atoms with Crippen LogP contribution in [0.4, 0.5) is 0 Å². The van der Waals surface area contributed by atoms with Crippen molar-refractivity contribution in [2.45, 2.75) is 106 Å². The average molecular weight is 381 g/mol. The van der Waals surface area contributed by atoms with Crippen molar-refractivity contribution in [2.75, 3.05) is 0 Å². The van der Waals surface area contributed by atoms with Crippen molar-refractivity contribution < 1.29 is 14.7 Å². The highest BCUT2D eigenvalue weighted by Gasteiger charge is 2.38. The number of hydrogen-bond acceptors (Lipinski definition) is 3. The van der Waals surface area contributed by atoms with E-state index in [0.29, 0.717) is 18.8 Å². The van der Waals surface area contributed by atoms with Crippen molar-refractivity contribution in [2.24, 2.45) is 23.7 Å². The van der Waals surface area contributed by atoms with Gasteiger partial charge in [0.2, 0.25) is 0 Å². The molecule has 0 aromatic heterocycles. The SMILES string of the molecule is CCCC.CCCC[C@H]1C[C@@H](CCC(C)C)C(=O)C(C(=O)CC(C)C)=C1O. The van der Waals surface area contributed by atoms with Crippen molar-refractivity contribution in [1.82, 2.24) is 0 Å². The van der Waals surface area contributed by atoms with Gasteiger partial charge in [0.05, 0.1) is 5.57 Å². The number of aliphatic hydroxyl groups excluding tert-OH is 1. The lowest BCUT2D eigenvalue weighted by Crippen LogP contribution is -2.32. The molecule has 0 aliphatic heterocycles. The fourth-order valence-corrected chi connectivity index (χ4v) is 3.34. The quantitative estimate of drug-likeness (QED) is 0.413. The highest BCUT2D eigenvalue weighted by molar-refractivity contribution is 6.21. The largest absolute Gasteiger partial charge is 0.511 e. The molecule has 0 aromatic rings. The summed E-state index contributed by atoms with van der Waals surface area (Å²) in [6.45, 7) is 14.7. The van der Waals surface area contributed by atoms with Gasteiger partial charge in [-0.2, -0.15) is 0 Å². The molecule has 0 heterocycles. The second-order valence-corrected chi connectivity index (χ2v) is 8.89. The van der Waals surface area contributed by atoms with Gasteiger partial charge in [0.15, 0.2) is 11.6 Å². The number of hydrogen-bond donors (Lipinski definition) is 1. The summed E-state index contributed by atoms with van der Waals surface area (Å²) >= 11 is 0. The van der Waals surface area contributed by atoms with Crippen molar-refractivity contribution in [1.29, 1.82) is 0 Å². The molecular weight excluding hydrogens is 336 g/mol. The van der Waals surface area contributed by atoms with Gasteiger partial charge < -0.3 is 5.11 Å². The van der Waals surface area contributed by atoms with E-state index in [1.54, 1.807) is 0 Å². The summed E-state index contributed by atoms with van der Waals surface area (Å²) in [5, 5.41) is 10.5. The van der Waals surface area contributed by atoms with E-state index in [4.69, 9.17) is 0 Å². The Bertz CT molecular complexity index is 472. The molecule has 27 heavy (non-hydrogen) atoms. The molecule has 0 amide bonds. The van der Waals surface area contributed by atoms with E-state index in [-0.39, 0.29) is 40.7 Å². The number of carbonyl (C=O) groups is 2. The first-order chi connectivity index (χ1) is 12.7.